The van der Waals surface area contributed by atoms with Crippen molar-refractivity contribution < 1.29 is 34.8 Å². The number of nitrogens with zero attached hydrogens (tertiary/aromatic N) is 2. The quantitative estimate of drug-likeness (QED) is 0.397. The minimum Gasteiger partial charge on any atom is -0.463 e. The molecule has 168 valence electrons. The third kappa shape index (κ3) is 3.53. The van der Waals surface area contributed by atoms with Crippen LogP contribution < -0.4 is 5.43 Å². The lowest BCUT2D eigenvalue weighted by Gasteiger charge is -2.07. The number of pyridine rings is 1. The topological polar surface area (TPSA) is 81.6 Å². The van der Waals surface area contributed by atoms with Crippen molar-refractivity contribution in [2.75, 3.05) is 5.75 Å². The molecule has 12 heteroatoms. The van der Waals surface area contributed by atoms with E-state index in [9.17, 15) is 35.2 Å². The monoisotopic (exact) mass is 472 g/mol. The molecule has 4 rings (SSSR count). The van der Waals surface area contributed by atoms with Gasteiger partial charge in [0, 0.05) is 11.8 Å². The molecule has 0 spiro atoms. The predicted octanol–water partition coefficient (Wildman–Crippen LogP) is 4.86. The van der Waals surface area contributed by atoms with Crippen molar-refractivity contribution in [3.8, 4) is 11.3 Å². The molecule has 0 saturated carbocycles. The van der Waals surface area contributed by atoms with Crippen LogP contribution in [0, 0.1) is 0 Å². The highest BCUT2D eigenvalue weighted by Gasteiger charge is 2.33. The molecule has 0 aliphatic rings. The summed E-state index contributed by atoms with van der Waals surface area (Å²) in [5, 5.41) is 3.83. The number of benzene rings is 1. The number of hydrogen-bond acceptors (Lipinski definition) is 5. The van der Waals surface area contributed by atoms with Crippen LogP contribution in [0.4, 0.5) is 22.0 Å². The Morgan fingerprint density at radius 3 is 2.50 bits per heavy atom. The van der Waals surface area contributed by atoms with Gasteiger partial charge in [-0.05, 0) is 24.3 Å². The molecule has 3 heterocycles. The van der Waals surface area contributed by atoms with Gasteiger partial charge in [-0.1, -0.05) is 13.0 Å². The second-order valence-corrected chi connectivity index (χ2v) is 9.08. The van der Waals surface area contributed by atoms with Gasteiger partial charge in [0.2, 0.25) is 5.43 Å². The lowest BCUT2D eigenvalue weighted by Crippen LogP contribution is -2.10. The van der Waals surface area contributed by atoms with E-state index in [1.807, 2.05) is 0 Å². The Bertz CT molecular complexity index is 1520. The first-order valence-corrected chi connectivity index (χ1v) is 10.8. The fourth-order valence-electron chi connectivity index (χ4n) is 3.27. The second kappa shape index (κ2) is 7.40. The second-order valence-electron chi connectivity index (χ2n) is 6.86. The van der Waals surface area contributed by atoms with Gasteiger partial charge in [0.1, 0.15) is 22.4 Å². The molecule has 0 bridgehead atoms. The van der Waals surface area contributed by atoms with E-state index in [1.54, 1.807) is 0 Å². The highest BCUT2D eigenvalue weighted by molar-refractivity contribution is 7.91. The van der Waals surface area contributed by atoms with E-state index < -0.39 is 44.1 Å². The van der Waals surface area contributed by atoms with Crippen LogP contribution in [0.25, 0.3) is 27.7 Å². The summed E-state index contributed by atoms with van der Waals surface area (Å²) in [5.74, 6) is -0.404. The Hall–Kier alpha value is -3.28. The van der Waals surface area contributed by atoms with Crippen LogP contribution in [0.2, 0.25) is 0 Å². The number of sulfone groups is 1. The first-order valence-electron chi connectivity index (χ1n) is 9.10. The van der Waals surface area contributed by atoms with Gasteiger partial charge >= 0.3 is 6.18 Å². The van der Waals surface area contributed by atoms with E-state index >= 15 is 0 Å². The molecule has 0 fully saturated rings. The maximum Gasteiger partial charge on any atom is 0.417 e. The van der Waals surface area contributed by atoms with Gasteiger partial charge in [0.15, 0.2) is 9.84 Å². The summed E-state index contributed by atoms with van der Waals surface area (Å²) in [6.45, 7) is 1.33. The molecule has 0 N–H and O–H groups in total. The third-order valence-corrected chi connectivity index (χ3v) is 6.69. The molecule has 0 aliphatic heterocycles. The van der Waals surface area contributed by atoms with Gasteiger partial charge in [0.05, 0.1) is 27.8 Å². The molecular weight excluding hydrogens is 459 g/mol. The van der Waals surface area contributed by atoms with Crippen molar-refractivity contribution in [3.63, 3.8) is 0 Å². The Labute approximate surface area is 176 Å². The molecule has 4 aromatic rings. The van der Waals surface area contributed by atoms with Crippen molar-refractivity contribution in [1.82, 2.24) is 9.61 Å². The molecule has 0 radical (unpaired) electrons. The molecule has 0 atom stereocenters. The highest BCUT2D eigenvalue weighted by atomic mass is 32.2. The summed E-state index contributed by atoms with van der Waals surface area (Å²) >= 11 is 0. The molecule has 3 aromatic heterocycles. The van der Waals surface area contributed by atoms with Gasteiger partial charge in [-0.25, -0.2) is 21.7 Å². The summed E-state index contributed by atoms with van der Waals surface area (Å²) in [4.78, 5) is 12.6. The van der Waals surface area contributed by atoms with Crippen molar-refractivity contribution in [2.24, 2.45) is 0 Å². The van der Waals surface area contributed by atoms with Crippen LogP contribution in [0.15, 0.2) is 56.9 Å². The Kier molecular flexibility index (Phi) is 5.07. The van der Waals surface area contributed by atoms with E-state index in [-0.39, 0.29) is 33.3 Å². The zero-order chi connectivity index (χ0) is 23.4. The molecule has 0 aliphatic carbocycles. The summed E-state index contributed by atoms with van der Waals surface area (Å²) in [7, 11) is -4.04. The Morgan fingerprint density at radius 2 is 1.88 bits per heavy atom. The van der Waals surface area contributed by atoms with Crippen molar-refractivity contribution >= 4 is 26.3 Å². The van der Waals surface area contributed by atoms with Crippen LogP contribution in [0.1, 0.15) is 24.5 Å². The van der Waals surface area contributed by atoms with E-state index in [1.165, 1.54) is 6.92 Å². The van der Waals surface area contributed by atoms with E-state index in [0.29, 0.717) is 12.3 Å². The number of aromatic nitrogens is 2. The predicted molar refractivity (Wildman–Crippen MR) is 104 cm³/mol. The summed E-state index contributed by atoms with van der Waals surface area (Å²) in [6.07, 6.45) is -6.02. The van der Waals surface area contributed by atoms with Gasteiger partial charge in [-0.2, -0.15) is 18.3 Å². The molecule has 1 aromatic carbocycles. The van der Waals surface area contributed by atoms with Crippen molar-refractivity contribution in [1.29, 1.82) is 0 Å². The van der Waals surface area contributed by atoms with Gasteiger partial charge in [-0.3, -0.25) is 4.79 Å². The fraction of sp³-hybridized carbons (Fsp3) is 0.200. The van der Waals surface area contributed by atoms with E-state index in [0.717, 1.165) is 35.0 Å². The maximum atomic E-state index is 13.1. The zero-order valence-corrected chi connectivity index (χ0v) is 17.0. The van der Waals surface area contributed by atoms with Crippen LogP contribution >= 0.6 is 0 Å². The van der Waals surface area contributed by atoms with Crippen LogP contribution in [0.3, 0.4) is 0 Å². The SMILES string of the molecule is CCS(=O)(=O)c1c(-c2coc3cc(C(F)F)ccc3c2=O)nn2cc(C(F)(F)F)ccc12. The van der Waals surface area contributed by atoms with E-state index in [4.69, 9.17) is 4.42 Å². The smallest absolute Gasteiger partial charge is 0.417 e. The number of rotatable bonds is 4. The zero-order valence-electron chi connectivity index (χ0n) is 16.2. The number of hydrogen-bond donors (Lipinski definition) is 0. The van der Waals surface area contributed by atoms with Gasteiger partial charge in [-0.15, -0.1) is 0 Å². The van der Waals surface area contributed by atoms with E-state index in [2.05, 4.69) is 5.10 Å². The molecule has 0 amide bonds. The third-order valence-electron chi connectivity index (χ3n) is 4.91. The summed E-state index contributed by atoms with van der Waals surface area (Å²) in [6, 6.07) is 4.78. The Balaban J connectivity index is 2.04. The molecule has 0 unspecified atom stereocenters. The molecule has 6 nitrogen and oxygen atoms in total. The van der Waals surface area contributed by atoms with Crippen molar-refractivity contribution in [2.45, 2.75) is 24.4 Å². The molecular formula is C20H13F5N2O4S. The standard InChI is InChI=1S/C20H13F5N2O4S/c1-2-32(29,30)18-14-6-4-11(20(23,24)25)8-27(14)26-16(18)13-9-31-15-7-10(19(21)22)3-5-12(15)17(13)28/h3-9,19H,2H2,1H3. The number of alkyl halides is 5. The van der Waals surface area contributed by atoms with Crippen LogP contribution in [-0.2, 0) is 16.0 Å². The minimum atomic E-state index is -4.70. The lowest BCUT2D eigenvalue weighted by atomic mass is 10.1. The normalized spacial score (nSPS) is 12.8. The van der Waals surface area contributed by atoms with Crippen molar-refractivity contribution in [3.05, 3.63) is 64.1 Å². The van der Waals surface area contributed by atoms with Crippen LogP contribution in [-0.4, -0.2) is 23.8 Å². The highest BCUT2D eigenvalue weighted by Crippen LogP contribution is 2.34. The average Bonchev–Trinajstić information content (AvgIpc) is 3.12. The molecule has 0 saturated heterocycles. The first-order chi connectivity index (χ1) is 14.9. The molecule has 32 heavy (non-hydrogen) atoms. The van der Waals surface area contributed by atoms with Crippen LogP contribution in [0.5, 0.6) is 0 Å². The average molecular weight is 472 g/mol. The fourth-order valence-corrected chi connectivity index (χ4v) is 4.48. The maximum absolute atomic E-state index is 13.1. The largest absolute Gasteiger partial charge is 0.463 e. The van der Waals surface area contributed by atoms with Gasteiger partial charge in [0.25, 0.3) is 6.43 Å². The summed E-state index contributed by atoms with van der Waals surface area (Å²) in [5.41, 5.74) is -3.23. The van der Waals surface area contributed by atoms with Gasteiger partial charge < -0.3 is 4.42 Å². The Morgan fingerprint density at radius 1 is 1.16 bits per heavy atom. The lowest BCUT2D eigenvalue weighted by molar-refractivity contribution is -0.137. The summed E-state index contributed by atoms with van der Waals surface area (Å²) < 4.78 is 96.7. The minimum absolute atomic E-state index is 0.111. The number of halogens is 5. The first kappa shape index (κ1) is 21.9. The number of fused-ring (bicyclic) bond motifs is 2.